The zero-order valence-corrected chi connectivity index (χ0v) is 38.6. The van der Waals surface area contributed by atoms with Crippen LogP contribution in [0.25, 0.3) is 21.1 Å². The quantitative estimate of drug-likeness (QED) is 0.0554. The van der Waals surface area contributed by atoms with Gasteiger partial charge in [-0.2, -0.15) is 0 Å². The fourth-order valence-electron chi connectivity index (χ4n) is 7.86. The molecule has 320 valence electrons. The molecule has 7 rings (SSSR count). The van der Waals surface area contributed by atoms with Crippen LogP contribution in [-0.4, -0.2) is 71.2 Å². The molecule has 0 radical (unpaired) electrons. The number of aromatic nitrogens is 2. The maximum Gasteiger partial charge on any atom is 0.349 e. The molecule has 60 heavy (non-hydrogen) atoms. The summed E-state index contributed by atoms with van der Waals surface area (Å²) in [6, 6.07) is 20.5. The molecule has 1 atom stereocenters. The van der Waals surface area contributed by atoms with Crippen LogP contribution in [0.3, 0.4) is 0 Å². The summed E-state index contributed by atoms with van der Waals surface area (Å²) < 4.78 is 15.8. The highest BCUT2D eigenvalue weighted by Crippen LogP contribution is 2.42. The van der Waals surface area contributed by atoms with Crippen molar-refractivity contribution in [3.8, 4) is 5.75 Å². The van der Waals surface area contributed by atoms with Gasteiger partial charge in [-0.25, -0.2) is 4.79 Å². The molecule has 1 fully saturated rings. The number of pyridine rings is 1. The van der Waals surface area contributed by atoms with Gasteiger partial charge in [0, 0.05) is 37.1 Å². The molecule has 6 aromatic rings. The predicted molar refractivity (Wildman–Crippen MR) is 246 cm³/mol. The molecule has 15 heteroatoms. The third-order valence-corrected chi connectivity index (χ3v) is 19.8. The first kappa shape index (κ1) is 44.1. The van der Waals surface area contributed by atoms with Gasteiger partial charge in [0.15, 0.2) is 8.32 Å². The molecule has 1 saturated carbocycles. The standard InChI is InChI=1S/C45H56N4O7S3Si/c1-44(2,3)60(5,6)56-36(32-17-20-35(50)41-33(32)18-21-40(51)47-41)28-46-27-29-12-19-34-37(26-29)59-43(53)49(34)23-9-22-48(4)30-13-15-31(16-14-30)55-42(52)45(54,38-10-7-24-57-38)39-11-8-25-58-39/h7-8,10-12,17-21,24-26,30-31,36,46,50,54H,9,13-16,22-23,27-28H2,1-6H3,(H,47,51)/t30-,31-,36-/m0/s1. The topological polar surface area (TPSA) is 146 Å². The Morgan fingerprint density at radius 2 is 1.70 bits per heavy atom. The number of ether oxygens (including phenoxy) is 1. The number of nitrogens with zero attached hydrogens (tertiary/aromatic N) is 2. The number of fused-ring (bicyclic) bond motifs is 2. The summed E-state index contributed by atoms with van der Waals surface area (Å²) in [7, 11) is -0.0981. The van der Waals surface area contributed by atoms with E-state index in [1.54, 1.807) is 24.3 Å². The smallest absolute Gasteiger partial charge is 0.349 e. The maximum atomic E-state index is 13.5. The molecule has 4 heterocycles. The van der Waals surface area contributed by atoms with Crippen LogP contribution in [0, 0.1) is 0 Å². The Balaban J connectivity index is 0.930. The van der Waals surface area contributed by atoms with E-state index in [0.29, 0.717) is 40.9 Å². The van der Waals surface area contributed by atoms with Gasteiger partial charge in [0.1, 0.15) is 11.9 Å². The number of aromatic hydroxyl groups is 1. The minimum atomic E-state index is -2.23. The molecule has 0 bridgehead atoms. The Labute approximate surface area is 363 Å². The molecule has 2 aromatic carbocycles. The highest BCUT2D eigenvalue weighted by atomic mass is 32.1. The fourth-order valence-corrected chi connectivity index (χ4v) is 11.8. The van der Waals surface area contributed by atoms with Crippen LogP contribution in [0.15, 0.2) is 87.1 Å². The maximum absolute atomic E-state index is 13.5. The van der Waals surface area contributed by atoms with Crippen molar-refractivity contribution in [1.82, 2.24) is 19.8 Å². The third-order valence-electron chi connectivity index (χ3n) is 12.4. The van der Waals surface area contributed by atoms with Gasteiger partial charge in [0.05, 0.1) is 31.6 Å². The number of aryl methyl sites for hydroxylation is 1. The van der Waals surface area contributed by atoms with Crippen molar-refractivity contribution in [1.29, 1.82) is 0 Å². The van der Waals surface area contributed by atoms with Crippen molar-refractivity contribution in [3.63, 3.8) is 0 Å². The molecule has 0 spiro atoms. The molecule has 0 unspecified atom stereocenters. The van der Waals surface area contributed by atoms with E-state index in [1.807, 2.05) is 39.6 Å². The van der Waals surface area contributed by atoms with E-state index in [0.717, 1.165) is 65.4 Å². The zero-order valence-electron chi connectivity index (χ0n) is 35.2. The number of thiophene rings is 2. The zero-order chi connectivity index (χ0) is 42.8. The number of nitrogens with one attached hydrogen (secondary N) is 2. The van der Waals surface area contributed by atoms with Gasteiger partial charge in [-0.15, -0.1) is 22.7 Å². The molecule has 1 aliphatic rings. The largest absolute Gasteiger partial charge is 0.506 e. The Morgan fingerprint density at radius 3 is 2.35 bits per heavy atom. The number of esters is 1. The highest BCUT2D eigenvalue weighted by Gasteiger charge is 2.45. The first-order valence-electron chi connectivity index (χ1n) is 20.6. The molecule has 4 N–H and O–H groups in total. The summed E-state index contributed by atoms with van der Waals surface area (Å²) in [6.07, 6.45) is 3.50. The molecular formula is C45H56N4O7S3Si. The van der Waals surface area contributed by atoms with Crippen molar-refractivity contribution in [3.05, 3.63) is 118 Å². The summed E-state index contributed by atoms with van der Waals surface area (Å²) in [4.78, 5) is 45.1. The molecular weight excluding hydrogens is 833 g/mol. The summed E-state index contributed by atoms with van der Waals surface area (Å²) in [5, 5.41) is 30.2. The number of phenols is 1. The summed E-state index contributed by atoms with van der Waals surface area (Å²) in [6.45, 7) is 13.6. The number of hydrogen-bond acceptors (Lipinski definition) is 12. The number of carbonyl (C=O) groups is 1. The normalized spacial score (nSPS) is 17.1. The van der Waals surface area contributed by atoms with Gasteiger partial charge in [0.2, 0.25) is 11.2 Å². The molecule has 0 saturated heterocycles. The molecule has 4 aromatic heterocycles. The van der Waals surface area contributed by atoms with Crippen LogP contribution in [0.5, 0.6) is 5.75 Å². The minimum Gasteiger partial charge on any atom is -0.506 e. The summed E-state index contributed by atoms with van der Waals surface area (Å²) in [5.41, 5.74) is 1.23. The van der Waals surface area contributed by atoms with E-state index >= 15 is 0 Å². The lowest BCUT2D eigenvalue weighted by atomic mass is 9.91. The Bertz CT molecular complexity index is 2480. The Kier molecular flexibility index (Phi) is 13.4. The van der Waals surface area contributed by atoms with E-state index in [1.165, 1.54) is 40.1 Å². The monoisotopic (exact) mass is 888 g/mol. The number of phenolic OH excluding ortho intramolecular Hbond substituents is 1. The van der Waals surface area contributed by atoms with Gasteiger partial charge in [-0.3, -0.25) is 14.2 Å². The predicted octanol–water partition coefficient (Wildman–Crippen LogP) is 8.70. The second kappa shape index (κ2) is 18.2. The first-order chi connectivity index (χ1) is 28.5. The number of thiazole rings is 1. The lowest BCUT2D eigenvalue weighted by molar-refractivity contribution is -0.169. The van der Waals surface area contributed by atoms with E-state index in [9.17, 15) is 24.6 Å². The number of aliphatic hydroxyl groups is 1. The van der Waals surface area contributed by atoms with Crippen LogP contribution in [0.4, 0.5) is 0 Å². The average molecular weight is 889 g/mol. The number of aromatic amines is 1. The molecule has 0 aliphatic heterocycles. The summed E-state index contributed by atoms with van der Waals surface area (Å²) in [5.74, 6) is -0.590. The van der Waals surface area contributed by atoms with Gasteiger partial charge in [-0.1, -0.05) is 56.4 Å². The van der Waals surface area contributed by atoms with Crippen LogP contribution >= 0.6 is 34.0 Å². The van der Waals surface area contributed by atoms with Gasteiger partial charge >= 0.3 is 10.8 Å². The Morgan fingerprint density at radius 1 is 1.00 bits per heavy atom. The number of rotatable bonds is 16. The van der Waals surface area contributed by atoms with E-state index in [4.69, 9.17) is 9.16 Å². The summed E-state index contributed by atoms with van der Waals surface area (Å²) >= 11 is 3.97. The van der Waals surface area contributed by atoms with Crippen molar-refractivity contribution in [2.24, 2.45) is 0 Å². The van der Waals surface area contributed by atoms with E-state index in [-0.39, 0.29) is 33.4 Å². The number of hydrogen-bond donors (Lipinski definition) is 4. The van der Waals surface area contributed by atoms with Crippen molar-refractivity contribution in [2.45, 2.75) is 108 Å². The molecule has 0 amide bonds. The van der Waals surface area contributed by atoms with Crippen molar-refractivity contribution in [2.75, 3.05) is 20.1 Å². The van der Waals surface area contributed by atoms with E-state index < -0.39 is 19.9 Å². The Hall–Kier alpha value is -3.93. The number of H-pyrrole nitrogens is 1. The first-order valence-corrected chi connectivity index (χ1v) is 26.1. The fraction of sp³-hybridized carbons (Fsp3) is 0.444. The lowest BCUT2D eigenvalue weighted by Crippen LogP contribution is -2.43. The highest BCUT2D eigenvalue weighted by molar-refractivity contribution is 7.16. The van der Waals surface area contributed by atoms with Gasteiger partial charge in [0.25, 0.3) is 0 Å². The SMILES string of the molecule is CN(CCCn1c(=O)sc2cc(CNC[C@H](O[Si](C)(C)C(C)(C)C)c3ccc(O)c4[nH]c(=O)ccc34)ccc21)[C@H]1CC[C@H](OC(=O)C(O)(c2cccs2)c2cccs2)CC1. The van der Waals surface area contributed by atoms with E-state index in [2.05, 4.69) is 68.2 Å². The van der Waals surface area contributed by atoms with Crippen LogP contribution in [0.1, 0.15) is 79.9 Å². The number of benzene rings is 2. The lowest BCUT2D eigenvalue weighted by Gasteiger charge is -2.39. The second-order valence-electron chi connectivity index (χ2n) is 17.4. The number of carbonyl (C=O) groups excluding carboxylic acids is 1. The van der Waals surface area contributed by atoms with Gasteiger partial charge in [-0.05, 0) is 122 Å². The molecule has 1 aliphatic carbocycles. The minimum absolute atomic E-state index is 0.0204. The van der Waals surface area contributed by atoms with Crippen molar-refractivity contribution >= 4 is 69.4 Å². The van der Waals surface area contributed by atoms with Gasteiger partial charge < -0.3 is 34.6 Å². The van der Waals surface area contributed by atoms with Crippen molar-refractivity contribution < 1.29 is 24.2 Å². The second-order valence-corrected chi connectivity index (χ2v) is 25.1. The molecule has 11 nitrogen and oxygen atoms in total. The van der Waals surface area contributed by atoms with Crippen LogP contribution < -0.4 is 15.7 Å². The van der Waals surface area contributed by atoms with Crippen LogP contribution in [0.2, 0.25) is 18.1 Å². The third kappa shape index (κ3) is 9.43. The average Bonchev–Trinajstić information content (AvgIpc) is 4.01. The van der Waals surface area contributed by atoms with Crippen LogP contribution in [-0.2, 0) is 32.6 Å².